The van der Waals surface area contributed by atoms with Gasteiger partial charge in [0.1, 0.15) is 11.6 Å². The van der Waals surface area contributed by atoms with Crippen LogP contribution in [0.15, 0.2) is 48.5 Å². The number of aromatic nitrogens is 3. The first kappa shape index (κ1) is 21.2. The average Bonchev–Trinajstić information content (AvgIpc) is 3.43. The van der Waals surface area contributed by atoms with Crippen molar-refractivity contribution in [3.05, 3.63) is 71.3 Å². The van der Waals surface area contributed by atoms with E-state index in [2.05, 4.69) is 15.5 Å². The summed E-state index contributed by atoms with van der Waals surface area (Å²) in [7, 11) is 1.60. The Labute approximate surface area is 192 Å². The number of nitrogens with one attached hydrogen (secondary N) is 1. The van der Waals surface area contributed by atoms with Crippen LogP contribution in [0.1, 0.15) is 27.6 Å². The summed E-state index contributed by atoms with van der Waals surface area (Å²) in [5, 5.41) is 11.3. The molecule has 0 saturated carbocycles. The summed E-state index contributed by atoms with van der Waals surface area (Å²) >= 11 is 0. The van der Waals surface area contributed by atoms with Crippen LogP contribution in [0.4, 0.5) is 5.69 Å². The number of fused-ring (bicyclic) bond motifs is 2. The highest BCUT2D eigenvalue weighted by molar-refractivity contribution is 6.01. The predicted octanol–water partition coefficient (Wildman–Crippen LogP) is 2.72. The summed E-state index contributed by atoms with van der Waals surface area (Å²) in [6.45, 7) is 4.12. The molecule has 2 aliphatic rings. The van der Waals surface area contributed by atoms with Gasteiger partial charge in [-0.05, 0) is 54.2 Å². The van der Waals surface area contributed by atoms with Gasteiger partial charge >= 0.3 is 0 Å². The number of carbonyl (C=O) groups is 2. The van der Waals surface area contributed by atoms with Crippen molar-refractivity contribution in [2.24, 2.45) is 11.8 Å². The number of carbonyl (C=O) groups excluding carboxylic acids is 2. The highest BCUT2D eigenvalue weighted by Crippen LogP contribution is 2.33. The van der Waals surface area contributed by atoms with Crippen LogP contribution in [-0.4, -0.2) is 51.7 Å². The summed E-state index contributed by atoms with van der Waals surface area (Å²) < 4.78 is 7.07. The van der Waals surface area contributed by atoms with E-state index < -0.39 is 0 Å². The molecule has 1 saturated heterocycles. The monoisotopic (exact) mass is 445 g/mol. The number of methoxy groups -OCH3 is 1. The Balaban J connectivity index is 1.25. The minimum absolute atomic E-state index is 0.159. The molecule has 0 radical (unpaired) electrons. The van der Waals surface area contributed by atoms with E-state index in [9.17, 15) is 9.59 Å². The highest BCUT2D eigenvalue weighted by Gasteiger charge is 2.40. The van der Waals surface area contributed by atoms with Gasteiger partial charge < -0.3 is 19.5 Å². The molecule has 2 amide bonds. The molecule has 0 bridgehead atoms. The number of ether oxygens (including phenoxy) is 1. The van der Waals surface area contributed by atoms with E-state index in [0.717, 1.165) is 35.7 Å². The third kappa shape index (κ3) is 4.20. The lowest BCUT2D eigenvalue weighted by Crippen LogP contribution is -2.31. The zero-order chi connectivity index (χ0) is 22.9. The van der Waals surface area contributed by atoms with Crippen LogP contribution in [0.5, 0.6) is 5.75 Å². The molecule has 3 heterocycles. The number of hydrogen-bond donors (Lipinski definition) is 1. The van der Waals surface area contributed by atoms with E-state index >= 15 is 0 Å². The van der Waals surface area contributed by atoms with Crippen LogP contribution in [0.2, 0.25) is 0 Å². The third-order valence-corrected chi connectivity index (χ3v) is 6.77. The molecule has 2 aromatic carbocycles. The number of amides is 2. The number of anilines is 1. The van der Waals surface area contributed by atoms with Gasteiger partial charge in [-0.3, -0.25) is 9.59 Å². The summed E-state index contributed by atoms with van der Waals surface area (Å²) in [4.78, 5) is 27.8. The largest absolute Gasteiger partial charge is 0.497 e. The predicted molar refractivity (Wildman–Crippen MR) is 123 cm³/mol. The Hall–Kier alpha value is -3.68. The molecule has 170 valence electrons. The topological polar surface area (TPSA) is 89.3 Å². The lowest BCUT2D eigenvalue weighted by Gasteiger charge is -2.25. The molecule has 0 spiro atoms. The first-order chi connectivity index (χ1) is 16.0. The fourth-order valence-corrected chi connectivity index (χ4v) is 4.84. The maximum absolute atomic E-state index is 13.0. The van der Waals surface area contributed by atoms with Crippen molar-refractivity contribution in [3.8, 4) is 5.75 Å². The van der Waals surface area contributed by atoms with E-state index in [1.807, 2.05) is 40.7 Å². The molecule has 1 N–H and O–H groups in total. The Morgan fingerprint density at radius 2 is 1.79 bits per heavy atom. The smallest absolute Gasteiger partial charge is 0.293 e. The van der Waals surface area contributed by atoms with Gasteiger partial charge in [0.15, 0.2) is 0 Å². The average molecular weight is 446 g/mol. The first-order valence-electron chi connectivity index (χ1n) is 11.2. The molecule has 33 heavy (non-hydrogen) atoms. The number of hydrogen-bond acceptors (Lipinski definition) is 5. The van der Waals surface area contributed by atoms with Crippen molar-refractivity contribution in [3.63, 3.8) is 0 Å². The van der Waals surface area contributed by atoms with Gasteiger partial charge in [0, 0.05) is 31.7 Å². The summed E-state index contributed by atoms with van der Waals surface area (Å²) in [5.41, 5.74) is 2.88. The van der Waals surface area contributed by atoms with E-state index in [4.69, 9.17) is 4.74 Å². The number of likely N-dealkylation sites (tertiary alicyclic amines) is 1. The number of rotatable bonds is 5. The zero-order valence-electron chi connectivity index (χ0n) is 18.8. The normalized spacial score (nSPS) is 19.0. The van der Waals surface area contributed by atoms with Gasteiger partial charge in [-0.1, -0.05) is 24.3 Å². The molecule has 2 atom stereocenters. The minimum Gasteiger partial charge on any atom is -0.497 e. The van der Waals surface area contributed by atoms with Crippen molar-refractivity contribution >= 4 is 17.5 Å². The maximum Gasteiger partial charge on any atom is 0.293 e. The molecule has 1 fully saturated rings. The van der Waals surface area contributed by atoms with Crippen molar-refractivity contribution in [2.45, 2.75) is 26.3 Å². The molecule has 8 nitrogen and oxygen atoms in total. The molecule has 0 unspecified atom stereocenters. The SMILES string of the molecule is COc1ccc(NC(=O)c2nnc3n2C[C@@H]2CN(C(=O)Cc4ccccc4C)C[C@@H]2C3)cc1. The molecule has 1 aromatic heterocycles. The highest BCUT2D eigenvalue weighted by atomic mass is 16.5. The van der Waals surface area contributed by atoms with Gasteiger partial charge in [-0.2, -0.15) is 0 Å². The second kappa shape index (κ2) is 8.69. The number of aryl methyl sites for hydroxylation is 1. The van der Waals surface area contributed by atoms with E-state index in [0.29, 0.717) is 42.9 Å². The number of nitrogens with zero attached hydrogens (tertiary/aromatic N) is 4. The van der Waals surface area contributed by atoms with Gasteiger partial charge in [-0.15, -0.1) is 10.2 Å². The van der Waals surface area contributed by atoms with Gasteiger partial charge in [-0.25, -0.2) is 0 Å². The Morgan fingerprint density at radius 3 is 2.55 bits per heavy atom. The Morgan fingerprint density at radius 1 is 1.03 bits per heavy atom. The van der Waals surface area contributed by atoms with Gasteiger partial charge in [0.2, 0.25) is 11.7 Å². The van der Waals surface area contributed by atoms with Crippen LogP contribution >= 0.6 is 0 Å². The second-order valence-electron chi connectivity index (χ2n) is 8.86. The standard InChI is InChI=1S/C25H27N5O3/c1-16-5-3-4-6-17(16)12-23(31)29-13-18-11-22-27-28-24(30(22)15-19(18)14-29)25(32)26-20-7-9-21(33-2)10-8-20/h3-10,18-19H,11-15H2,1-2H3,(H,26,32)/t18-,19-/m0/s1. The zero-order valence-corrected chi connectivity index (χ0v) is 18.8. The van der Waals surface area contributed by atoms with Gasteiger partial charge in [0.25, 0.3) is 5.91 Å². The lowest BCUT2D eigenvalue weighted by atomic mass is 9.89. The van der Waals surface area contributed by atoms with E-state index in [1.165, 1.54) is 0 Å². The Kier molecular flexibility index (Phi) is 5.58. The van der Waals surface area contributed by atoms with E-state index in [-0.39, 0.29) is 11.8 Å². The molecular weight excluding hydrogens is 418 g/mol. The van der Waals surface area contributed by atoms with Crippen molar-refractivity contribution in [1.29, 1.82) is 0 Å². The summed E-state index contributed by atoms with van der Waals surface area (Å²) in [5.74, 6) is 2.35. The van der Waals surface area contributed by atoms with Crippen LogP contribution < -0.4 is 10.1 Å². The van der Waals surface area contributed by atoms with Crippen LogP contribution in [-0.2, 0) is 24.2 Å². The van der Waals surface area contributed by atoms with Gasteiger partial charge in [0.05, 0.1) is 13.5 Å². The quantitative estimate of drug-likeness (QED) is 0.652. The second-order valence-corrected chi connectivity index (χ2v) is 8.86. The van der Waals surface area contributed by atoms with Crippen molar-refractivity contribution < 1.29 is 14.3 Å². The molecule has 8 heteroatoms. The van der Waals surface area contributed by atoms with Crippen molar-refractivity contribution in [1.82, 2.24) is 19.7 Å². The fraction of sp³-hybridized carbons (Fsp3) is 0.360. The van der Waals surface area contributed by atoms with Crippen LogP contribution in [0.3, 0.4) is 0 Å². The molecule has 0 aliphatic carbocycles. The minimum atomic E-state index is -0.289. The molecular formula is C25H27N5O3. The first-order valence-corrected chi connectivity index (χ1v) is 11.2. The molecule has 3 aromatic rings. The van der Waals surface area contributed by atoms with Crippen LogP contribution in [0.25, 0.3) is 0 Å². The number of benzene rings is 2. The molecule has 5 rings (SSSR count). The Bertz CT molecular complexity index is 1190. The lowest BCUT2D eigenvalue weighted by molar-refractivity contribution is -0.129. The van der Waals surface area contributed by atoms with Crippen molar-refractivity contribution in [2.75, 3.05) is 25.5 Å². The summed E-state index contributed by atoms with van der Waals surface area (Å²) in [6, 6.07) is 15.2. The fourth-order valence-electron chi connectivity index (χ4n) is 4.84. The molecule has 2 aliphatic heterocycles. The van der Waals surface area contributed by atoms with E-state index in [1.54, 1.807) is 31.4 Å². The maximum atomic E-state index is 13.0. The van der Waals surface area contributed by atoms with Crippen LogP contribution in [0, 0.1) is 18.8 Å². The summed E-state index contributed by atoms with van der Waals surface area (Å²) in [6.07, 6.45) is 1.15. The third-order valence-electron chi connectivity index (χ3n) is 6.77.